The number of halogens is 1. The molecule has 3 rings (SSSR count). The first kappa shape index (κ1) is 17.7. The van der Waals surface area contributed by atoms with Crippen molar-refractivity contribution < 1.29 is 18.3 Å². The van der Waals surface area contributed by atoms with Crippen LogP contribution < -0.4 is 10.4 Å². The summed E-state index contributed by atoms with van der Waals surface area (Å²) < 4.78 is 24.1. The molecule has 0 fully saturated rings. The fourth-order valence-corrected chi connectivity index (χ4v) is 2.56. The average Bonchev–Trinajstić information content (AvgIpc) is 2.59. The van der Waals surface area contributed by atoms with Gasteiger partial charge in [-0.25, -0.2) is 9.18 Å². The smallest absolute Gasteiger partial charge is 0.336 e. The summed E-state index contributed by atoms with van der Waals surface area (Å²) in [6, 6.07) is 12.5. The van der Waals surface area contributed by atoms with Gasteiger partial charge in [0.2, 0.25) is 5.91 Å². The fraction of sp³-hybridized carbons (Fsp3) is 0.200. The molecule has 2 aromatic carbocycles. The second-order valence-corrected chi connectivity index (χ2v) is 6.13. The van der Waals surface area contributed by atoms with Crippen molar-refractivity contribution in [2.24, 2.45) is 0 Å². The largest absolute Gasteiger partial charge is 0.489 e. The molecule has 6 heteroatoms. The first-order valence-corrected chi connectivity index (χ1v) is 8.06. The van der Waals surface area contributed by atoms with Crippen LogP contribution in [0.1, 0.15) is 11.1 Å². The monoisotopic (exact) mass is 355 g/mol. The molecule has 0 aliphatic carbocycles. The Morgan fingerprint density at radius 3 is 2.69 bits per heavy atom. The van der Waals surface area contributed by atoms with Gasteiger partial charge in [-0.15, -0.1) is 0 Å². The van der Waals surface area contributed by atoms with Crippen molar-refractivity contribution in [1.29, 1.82) is 0 Å². The minimum absolute atomic E-state index is 0.108. The number of ether oxygens (including phenoxy) is 1. The third-order valence-corrected chi connectivity index (χ3v) is 3.94. The van der Waals surface area contributed by atoms with E-state index in [1.807, 2.05) is 0 Å². The van der Waals surface area contributed by atoms with Gasteiger partial charge in [-0.2, -0.15) is 0 Å². The number of benzene rings is 2. The highest BCUT2D eigenvalue weighted by molar-refractivity contribution is 5.87. The van der Waals surface area contributed by atoms with Crippen LogP contribution in [0.25, 0.3) is 11.0 Å². The van der Waals surface area contributed by atoms with Crippen molar-refractivity contribution in [1.82, 2.24) is 4.90 Å². The normalized spacial score (nSPS) is 10.7. The predicted molar refractivity (Wildman–Crippen MR) is 95.6 cm³/mol. The zero-order valence-corrected chi connectivity index (χ0v) is 14.5. The molecule has 0 saturated carbocycles. The Bertz CT molecular complexity index is 1010. The van der Waals surface area contributed by atoms with Gasteiger partial charge in [0.05, 0.1) is 6.42 Å². The fourth-order valence-electron chi connectivity index (χ4n) is 2.56. The van der Waals surface area contributed by atoms with Gasteiger partial charge in [0.15, 0.2) is 0 Å². The summed E-state index contributed by atoms with van der Waals surface area (Å²) in [4.78, 5) is 25.2. The molecule has 26 heavy (non-hydrogen) atoms. The van der Waals surface area contributed by atoms with Gasteiger partial charge in [-0.1, -0.05) is 12.1 Å². The van der Waals surface area contributed by atoms with Gasteiger partial charge < -0.3 is 14.1 Å². The molecular formula is C20H18FNO4. The Labute approximate surface area is 149 Å². The number of amides is 1. The molecular weight excluding hydrogens is 337 g/mol. The van der Waals surface area contributed by atoms with Crippen LogP contribution in [0, 0.1) is 5.82 Å². The highest BCUT2D eigenvalue weighted by Gasteiger charge is 2.12. The predicted octanol–water partition coefficient (Wildman–Crippen LogP) is 3.14. The maximum atomic E-state index is 13.2. The van der Waals surface area contributed by atoms with Gasteiger partial charge >= 0.3 is 5.63 Å². The van der Waals surface area contributed by atoms with Gasteiger partial charge in [-0.3, -0.25) is 4.79 Å². The molecule has 0 radical (unpaired) electrons. The Hall–Kier alpha value is -3.15. The first-order valence-electron chi connectivity index (χ1n) is 8.06. The van der Waals surface area contributed by atoms with Crippen molar-refractivity contribution >= 4 is 16.9 Å². The van der Waals surface area contributed by atoms with Gasteiger partial charge in [0, 0.05) is 31.6 Å². The third kappa shape index (κ3) is 4.08. The summed E-state index contributed by atoms with van der Waals surface area (Å²) in [5.41, 5.74) is 1.11. The zero-order valence-electron chi connectivity index (χ0n) is 14.5. The van der Waals surface area contributed by atoms with E-state index in [1.165, 1.54) is 23.1 Å². The van der Waals surface area contributed by atoms with Crippen LogP contribution >= 0.6 is 0 Å². The third-order valence-electron chi connectivity index (χ3n) is 3.94. The van der Waals surface area contributed by atoms with Crippen molar-refractivity contribution in [2.45, 2.75) is 13.0 Å². The second kappa shape index (κ2) is 7.39. The summed E-state index contributed by atoms with van der Waals surface area (Å²) in [5.74, 6) is 0.0511. The molecule has 0 atom stereocenters. The van der Waals surface area contributed by atoms with E-state index in [1.54, 1.807) is 44.4 Å². The molecule has 0 N–H and O–H groups in total. The van der Waals surface area contributed by atoms with Crippen molar-refractivity contribution in [3.8, 4) is 5.75 Å². The van der Waals surface area contributed by atoms with Crippen molar-refractivity contribution in [3.63, 3.8) is 0 Å². The van der Waals surface area contributed by atoms with E-state index in [2.05, 4.69) is 0 Å². The average molecular weight is 355 g/mol. The highest BCUT2D eigenvalue weighted by atomic mass is 19.1. The maximum Gasteiger partial charge on any atom is 0.336 e. The number of fused-ring (bicyclic) bond motifs is 1. The van der Waals surface area contributed by atoms with E-state index < -0.39 is 5.63 Å². The molecule has 3 aromatic rings. The summed E-state index contributed by atoms with van der Waals surface area (Å²) in [6.45, 7) is 0.187. The number of carbonyl (C=O) groups is 1. The molecule has 0 aliphatic heterocycles. The van der Waals surface area contributed by atoms with E-state index in [9.17, 15) is 14.0 Å². The molecule has 134 valence electrons. The maximum absolute atomic E-state index is 13.2. The standard InChI is InChI=1S/C20H18FNO4/c1-22(2)19(23)9-14-10-20(24)26-18-11-16(6-7-17(14)18)25-12-13-4-3-5-15(21)8-13/h3-8,10-11H,9,12H2,1-2H3. The van der Waals surface area contributed by atoms with Crippen LogP contribution in [-0.2, 0) is 17.8 Å². The van der Waals surface area contributed by atoms with E-state index in [4.69, 9.17) is 9.15 Å². The van der Waals surface area contributed by atoms with Gasteiger partial charge in [0.25, 0.3) is 0 Å². The van der Waals surface area contributed by atoms with Crippen LogP contribution in [0.3, 0.4) is 0 Å². The number of rotatable bonds is 5. The lowest BCUT2D eigenvalue weighted by Crippen LogP contribution is -2.24. The molecule has 5 nitrogen and oxygen atoms in total. The highest BCUT2D eigenvalue weighted by Crippen LogP contribution is 2.24. The lowest BCUT2D eigenvalue weighted by atomic mass is 10.1. The quantitative estimate of drug-likeness (QED) is 0.660. The molecule has 0 bridgehead atoms. The summed E-state index contributed by atoms with van der Waals surface area (Å²) >= 11 is 0. The van der Waals surface area contributed by atoms with Gasteiger partial charge in [0.1, 0.15) is 23.8 Å². The molecule has 1 heterocycles. The van der Waals surface area contributed by atoms with Crippen LogP contribution in [0.2, 0.25) is 0 Å². The molecule has 0 spiro atoms. The van der Waals surface area contributed by atoms with Crippen molar-refractivity contribution in [3.05, 3.63) is 75.9 Å². The molecule has 1 amide bonds. The van der Waals surface area contributed by atoms with Crippen LogP contribution in [0.5, 0.6) is 5.75 Å². The van der Waals surface area contributed by atoms with Crippen LogP contribution in [0.4, 0.5) is 4.39 Å². The SMILES string of the molecule is CN(C)C(=O)Cc1cc(=O)oc2cc(OCc3cccc(F)c3)ccc12. The Morgan fingerprint density at radius 2 is 1.96 bits per heavy atom. The van der Waals surface area contributed by atoms with E-state index in [0.29, 0.717) is 27.8 Å². The lowest BCUT2D eigenvalue weighted by molar-refractivity contribution is -0.127. The van der Waals surface area contributed by atoms with Crippen molar-refractivity contribution in [2.75, 3.05) is 14.1 Å². The second-order valence-electron chi connectivity index (χ2n) is 6.13. The summed E-state index contributed by atoms with van der Waals surface area (Å²) in [6.07, 6.45) is 0.110. The number of carbonyl (C=O) groups excluding carboxylic acids is 1. The minimum Gasteiger partial charge on any atom is -0.489 e. The number of hydrogen-bond donors (Lipinski definition) is 0. The van der Waals surface area contributed by atoms with E-state index in [0.717, 1.165) is 0 Å². The first-order chi connectivity index (χ1) is 12.4. The molecule has 0 saturated heterocycles. The van der Waals surface area contributed by atoms with Gasteiger partial charge in [-0.05, 0) is 35.4 Å². The Morgan fingerprint density at radius 1 is 1.15 bits per heavy atom. The van der Waals surface area contributed by atoms with E-state index in [-0.39, 0.29) is 24.8 Å². The molecule has 0 unspecified atom stereocenters. The zero-order chi connectivity index (χ0) is 18.7. The minimum atomic E-state index is -0.527. The Kier molecular flexibility index (Phi) is 5.02. The topological polar surface area (TPSA) is 59.8 Å². The number of likely N-dealkylation sites (N-methyl/N-ethyl adjacent to an activating group) is 1. The van der Waals surface area contributed by atoms with Crippen LogP contribution in [0.15, 0.2) is 57.7 Å². The molecule has 0 aliphatic rings. The lowest BCUT2D eigenvalue weighted by Gasteiger charge is -2.12. The number of hydrogen-bond acceptors (Lipinski definition) is 4. The van der Waals surface area contributed by atoms with Crippen LogP contribution in [-0.4, -0.2) is 24.9 Å². The summed E-state index contributed by atoms with van der Waals surface area (Å²) in [7, 11) is 3.32. The molecule has 1 aromatic heterocycles. The van der Waals surface area contributed by atoms with E-state index >= 15 is 0 Å². The Balaban J connectivity index is 1.86. The summed E-state index contributed by atoms with van der Waals surface area (Å²) in [5, 5.41) is 0.679. The number of nitrogens with zero attached hydrogens (tertiary/aromatic N) is 1.